The van der Waals surface area contributed by atoms with Crippen molar-refractivity contribution >= 4 is 5.65 Å². The van der Waals surface area contributed by atoms with Gasteiger partial charge in [0, 0.05) is 35.8 Å². The summed E-state index contributed by atoms with van der Waals surface area (Å²) < 4.78 is 1.95. The lowest BCUT2D eigenvalue weighted by molar-refractivity contribution is 0.200. The number of aromatic nitrogens is 6. The molecule has 1 saturated heterocycles. The van der Waals surface area contributed by atoms with Gasteiger partial charge in [-0.05, 0) is 45.0 Å². The molecule has 3 aromatic rings. The van der Waals surface area contributed by atoms with E-state index in [1.165, 1.54) is 5.56 Å². The Morgan fingerprint density at radius 1 is 1.04 bits per heavy atom. The summed E-state index contributed by atoms with van der Waals surface area (Å²) in [5.74, 6) is 2.21. The van der Waals surface area contributed by atoms with Crippen molar-refractivity contribution in [3.05, 3.63) is 47.4 Å². The van der Waals surface area contributed by atoms with Gasteiger partial charge in [-0.2, -0.15) is 9.61 Å². The molecule has 0 N–H and O–H groups in total. The van der Waals surface area contributed by atoms with E-state index in [9.17, 15) is 0 Å². The zero-order chi connectivity index (χ0) is 19.0. The highest BCUT2D eigenvalue weighted by atomic mass is 15.4. The zero-order valence-corrected chi connectivity index (χ0v) is 16.6. The molecule has 1 fully saturated rings. The number of rotatable bonds is 3. The molecule has 0 amide bonds. The molecule has 4 heterocycles. The van der Waals surface area contributed by atoms with Gasteiger partial charge in [-0.1, -0.05) is 20.8 Å². The minimum absolute atomic E-state index is 0.00913. The number of likely N-dealkylation sites (tertiary alicyclic amines) is 1. The Morgan fingerprint density at radius 3 is 2.41 bits per heavy atom. The summed E-state index contributed by atoms with van der Waals surface area (Å²) in [6, 6.07) is 4.08. The maximum Gasteiger partial charge on any atom is 0.177 e. The normalized spacial score (nSPS) is 16.9. The molecule has 0 aromatic carbocycles. The first-order valence-electron chi connectivity index (χ1n) is 9.63. The van der Waals surface area contributed by atoms with Crippen molar-refractivity contribution in [2.45, 2.75) is 58.4 Å². The molecule has 0 radical (unpaired) electrons. The second kappa shape index (κ2) is 6.96. The average Bonchev–Trinajstić information content (AvgIpc) is 3.07. The van der Waals surface area contributed by atoms with Crippen molar-refractivity contribution in [3.63, 3.8) is 0 Å². The minimum atomic E-state index is 0.00913. The number of nitrogens with zero attached hydrogens (tertiary/aromatic N) is 7. The van der Waals surface area contributed by atoms with E-state index in [4.69, 9.17) is 5.10 Å². The third-order valence-electron chi connectivity index (χ3n) is 5.25. The van der Waals surface area contributed by atoms with Crippen molar-refractivity contribution < 1.29 is 0 Å². The lowest BCUT2D eigenvalue weighted by Gasteiger charge is -2.31. The molecule has 1 aliphatic rings. The van der Waals surface area contributed by atoms with E-state index in [-0.39, 0.29) is 5.41 Å². The Labute approximate surface area is 159 Å². The van der Waals surface area contributed by atoms with E-state index in [1.54, 1.807) is 0 Å². The molecule has 7 heteroatoms. The van der Waals surface area contributed by atoms with Crippen molar-refractivity contribution in [1.82, 2.24) is 34.7 Å². The van der Waals surface area contributed by atoms with Crippen molar-refractivity contribution in [2.75, 3.05) is 13.1 Å². The van der Waals surface area contributed by atoms with Crippen LogP contribution in [0.25, 0.3) is 5.65 Å². The fraction of sp³-hybridized carbons (Fsp3) is 0.550. The standard InChI is InChI=1S/C20H27N7/c1-14-21-11-15(12-22-14)13-26-9-7-16(8-10-26)19-24-23-18-6-5-17(20(2,3)4)25-27(18)19/h5-6,11-12,16H,7-10,13H2,1-4H3. The molecule has 0 unspecified atom stereocenters. The lowest BCUT2D eigenvalue weighted by Crippen LogP contribution is -2.33. The minimum Gasteiger partial charge on any atom is -0.299 e. The van der Waals surface area contributed by atoms with Crippen LogP contribution in [-0.4, -0.2) is 47.8 Å². The van der Waals surface area contributed by atoms with Crippen LogP contribution in [0.2, 0.25) is 0 Å². The van der Waals surface area contributed by atoms with Gasteiger partial charge in [0.15, 0.2) is 11.5 Å². The Morgan fingerprint density at radius 2 is 1.74 bits per heavy atom. The van der Waals surface area contributed by atoms with E-state index in [0.717, 1.165) is 55.5 Å². The largest absolute Gasteiger partial charge is 0.299 e. The van der Waals surface area contributed by atoms with Gasteiger partial charge in [-0.15, -0.1) is 10.2 Å². The molecule has 0 spiro atoms. The second-order valence-electron chi connectivity index (χ2n) is 8.49. The predicted octanol–water partition coefficient (Wildman–Crippen LogP) is 2.90. The molecule has 0 saturated carbocycles. The first kappa shape index (κ1) is 18.0. The van der Waals surface area contributed by atoms with Gasteiger partial charge < -0.3 is 0 Å². The summed E-state index contributed by atoms with van der Waals surface area (Å²) in [5, 5.41) is 13.6. The van der Waals surface area contributed by atoms with E-state index in [1.807, 2.05) is 29.9 Å². The summed E-state index contributed by atoms with van der Waals surface area (Å²) in [5.41, 5.74) is 3.07. The Kier molecular flexibility index (Phi) is 4.63. The van der Waals surface area contributed by atoms with Gasteiger partial charge in [-0.3, -0.25) is 4.90 Å². The molecular formula is C20H27N7. The molecule has 0 aliphatic carbocycles. The second-order valence-corrected chi connectivity index (χ2v) is 8.49. The summed E-state index contributed by atoms with van der Waals surface area (Å²) in [6.45, 7) is 11.4. The fourth-order valence-corrected chi connectivity index (χ4v) is 3.57. The van der Waals surface area contributed by atoms with Gasteiger partial charge in [0.25, 0.3) is 0 Å². The van der Waals surface area contributed by atoms with Crippen LogP contribution in [0, 0.1) is 6.92 Å². The van der Waals surface area contributed by atoms with Crippen molar-refractivity contribution in [2.24, 2.45) is 0 Å². The smallest absolute Gasteiger partial charge is 0.177 e. The fourth-order valence-electron chi connectivity index (χ4n) is 3.57. The molecule has 7 nitrogen and oxygen atoms in total. The maximum atomic E-state index is 4.84. The van der Waals surface area contributed by atoms with Crippen molar-refractivity contribution in [3.8, 4) is 0 Å². The van der Waals surface area contributed by atoms with Crippen molar-refractivity contribution in [1.29, 1.82) is 0 Å². The molecule has 4 rings (SSSR count). The quantitative estimate of drug-likeness (QED) is 0.711. The predicted molar refractivity (Wildman–Crippen MR) is 104 cm³/mol. The third-order valence-corrected chi connectivity index (χ3v) is 5.25. The van der Waals surface area contributed by atoms with Crippen LogP contribution < -0.4 is 0 Å². The highest BCUT2D eigenvalue weighted by molar-refractivity contribution is 5.37. The zero-order valence-electron chi connectivity index (χ0n) is 16.6. The van der Waals surface area contributed by atoms with Gasteiger partial charge in [-0.25, -0.2) is 9.97 Å². The molecule has 0 atom stereocenters. The van der Waals surface area contributed by atoms with Gasteiger partial charge in [0.2, 0.25) is 0 Å². The summed E-state index contributed by atoms with van der Waals surface area (Å²) in [4.78, 5) is 11.0. The van der Waals surface area contributed by atoms with Crippen LogP contribution in [0.3, 0.4) is 0 Å². The van der Waals surface area contributed by atoms with E-state index in [0.29, 0.717) is 5.92 Å². The molecule has 1 aliphatic heterocycles. The molecule has 142 valence electrons. The third kappa shape index (κ3) is 3.83. The van der Waals surface area contributed by atoms with E-state index < -0.39 is 0 Å². The molecular weight excluding hydrogens is 338 g/mol. The van der Waals surface area contributed by atoms with Crippen LogP contribution in [0.15, 0.2) is 24.5 Å². The number of hydrogen-bond donors (Lipinski definition) is 0. The lowest BCUT2D eigenvalue weighted by atomic mass is 9.92. The molecule has 3 aromatic heterocycles. The maximum absolute atomic E-state index is 4.84. The first-order chi connectivity index (χ1) is 12.9. The summed E-state index contributed by atoms with van der Waals surface area (Å²) in [7, 11) is 0. The van der Waals surface area contributed by atoms with Crippen LogP contribution in [0.4, 0.5) is 0 Å². The van der Waals surface area contributed by atoms with E-state index >= 15 is 0 Å². The number of hydrogen-bond acceptors (Lipinski definition) is 6. The Hall–Kier alpha value is -2.41. The Balaban J connectivity index is 1.47. The SMILES string of the molecule is Cc1ncc(CN2CCC(c3nnc4ccc(C(C)(C)C)nn34)CC2)cn1. The van der Waals surface area contributed by atoms with Crippen LogP contribution >= 0.6 is 0 Å². The van der Waals surface area contributed by atoms with Gasteiger partial charge >= 0.3 is 0 Å². The molecule has 27 heavy (non-hydrogen) atoms. The highest BCUT2D eigenvalue weighted by Gasteiger charge is 2.26. The van der Waals surface area contributed by atoms with Crippen LogP contribution in [-0.2, 0) is 12.0 Å². The topological polar surface area (TPSA) is 72.1 Å². The van der Waals surface area contributed by atoms with Crippen LogP contribution in [0.5, 0.6) is 0 Å². The van der Waals surface area contributed by atoms with Crippen LogP contribution in [0.1, 0.15) is 62.4 Å². The first-order valence-corrected chi connectivity index (χ1v) is 9.63. The summed E-state index contributed by atoms with van der Waals surface area (Å²) >= 11 is 0. The average molecular weight is 365 g/mol. The van der Waals surface area contributed by atoms with E-state index in [2.05, 4.69) is 51.9 Å². The molecule has 0 bridgehead atoms. The van der Waals surface area contributed by atoms with Gasteiger partial charge in [0.1, 0.15) is 5.82 Å². The highest BCUT2D eigenvalue weighted by Crippen LogP contribution is 2.28. The van der Waals surface area contributed by atoms with Gasteiger partial charge in [0.05, 0.1) is 5.69 Å². The number of aryl methyl sites for hydroxylation is 1. The number of piperidine rings is 1. The summed E-state index contributed by atoms with van der Waals surface area (Å²) in [6.07, 6.45) is 5.99. The Bertz CT molecular complexity index is 916. The monoisotopic (exact) mass is 365 g/mol. The number of fused-ring (bicyclic) bond motifs is 1.